The Labute approximate surface area is 167 Å². The summed E-state index contributed by atoms with van der Waals surface area (Å²) in [5.41, 5.74) is 5.27. The molecule has 6 nitrogen and oxygen atoms in total. The van der Waals surface area contributed by atoms with Crippen molar-refractivity contribution in [3.05, 3.63) is 69.7 Å². The third-order valence-electron chi connectivity index (χ3n) is 3.75. The van der Waals surface area contributed by atoms with Crippen molar-refractivity contribution in [1.29, 1.82) is 0 Å². The van der Waals surface area contributed by atoms with E-state index in [9.17, 15) is 14.4 Å². The Hall–Kier alpha value is -2.57. The second-order valence-electron chi connectivity index (χ2n) is 6.13. The summed E-state index contributed by atoms with van der Waals surface area (Å²) < 4.78 is 0. The molecule has 0 unspecified atom stereocenters. The summed E-state index contributed by atoms with van der Waals surface area (Å²) in [5.74, 6) is -1.75. The van der Waals surface area contributed by atoms with Crippen LogP contribution in [0.4, 0.5) is 0 Å². The molecule has 0 aliphatic carbocycles. The van der Waals surface area contributed by atoms with Gasteiger partial charge >= 0.3 is 0 Å². The minimum absolute atomic E-state index is 0.181. The molecule has 2 aromatic carbocycles. The third kappa shape index (κ3) is 5.70. The number of rotatable bonds is 5. The summed E-state index contributed by atoms with van der Waals surface area (Å²) in [6, 6.07) is 12.0. The normalized spacial score (nSPS) is 11.6. The van der Waals surface area contributed by atoms with E-state index in [1.165, 1.54) is 18.2 Å². The maximum atomic E-state index is 12.4. The van der Waals surface area contributed by atoms with Crippen LogP contribution in [-0.4, -0.2) is 23.8 Å². The molecule has 0 heterocycles. The van der Waals surface area contributed by atoms with Crippen molar-refractivity contribution in [2.75, 3.05) is 0 Å². The zero-order chi connectivity index (χ0) is 20.0. The minimum Gasteiger partial charge on any atom is -0.340 e. The lowest BCUT2D eigenvalue weighted by atomic mass is 10.0. The van der Waals surface area contributed by atoms with Crippen molar-refractivity contribution in [1.82, 2.24) is 16.2 Å². The topological polar surface area (TPSA) is 87.3 Å². The average Bonchev–Trinajstić information content (AvgIpc) is 2.64. The fourth-order valence-electron chi connectivity index (χ4n) is 2.29. The average molecular weight is 408 g/mol. The van der Waals surface area contributed by atoms with E-state index in [0.717, 1.165) is 0 Å². The Morgan fingerprint density at radius 1 is 0.889 bits per heavy atom. The number of carbonyl (C=O) groups excluding carboxylic acids is 3. The Bertz CT molecular complexity index is 841. The summed E-state index contributed by atoms with van der Waals surface area (Å²) in [5, 5.41) is 3.21. The fraction of sp³-hybridized carbons (Fsp3) is 0.211. The number of amides is 3. The van der Waals surface area contributed by atoms with Gasteiger partial charge in [-0.15, -0.1) is 0 Å². The van der Waals surface area contributed by atoms with Crippen LogP contribution in [0.5, 0.6) is 0 Å². The van der Waals surface area contributed by atoms with Gasteiger partial charge in [0.1, 0.15) is 6.04 Å². The molecule has 0 aliphatic rings. The third-order valence-corrected chi connectivity index (χ3v) is 4.29. The van der Waals surface area contributed by atoms with E-state index in [2.05, 4.69) is 16.2 Å². The molecule has 142 valence electrons. The number of carbonyl (C=O) groups is 3. The first-order valence-electron chi connectivity index (χ1n) is 8.20. The molecule has 3 N–H and O–H groups in total. The highest BCUT2D eigenvalue weighted by atomic mass is 35.5. The molecule has 0 saturated heterocycles. The molecule has 0 aliphatic heterocycles. The van der Waals surface area contributed by atoms with Crippen molar-refractivity contribution in [2.45, 2.75) is 19.9 Å². The highest BCUT2D eigenvalue weighted by Gasteiger charge is 2.26. The molecule has 8 heteroatoms. The fourth-order valence-corrected chi connectivity index (χ4v) is 2.78. The summed E-state index contributed by atoms with van der Waals surface area (Å²) >= 11 is 11.9. The van der Waals surface area contributed by atoms with Crippen LogP contribution in [-0.2, 0) is 4.79 Å². The predicted molar refractivity (Wildman–Crippen MR) is 105 cm³/mol. The number of benzene rings is 2. The van der Waals surface area contributed by atoms with E-state index in [-0.39, 0.29) is 16.5 Å². The number of hydrazine groups is 1. The van der Waals surface area contributed by atoms with Gasteiger partial charge in [0.2, 0.25) is 0 Å². The van der Waals surface area contributed by atoms with Gasteiger partial charge < -0.3 is 5.32 Å². The van der Waals surface area contributed by atoms with E-state index in [1.54, 1.807) is 44.2 Å². The first-order valence-corrected chi connectivity index (χ1v) is 8.96. The van der Waals surface area contributed by atoms with E-state index >= 15 is 0 Å². The molecular formula is C19H19Cl2N3O3. The van der Waals surface area contributed by atoms with Crippen LogP contribution < -0.4 is 16.2 Å². The predicted octanol–water partition coefficient (Wildman–Crippen LogP) is 3.21. The van der Waals surface area contributed by atoms with Crippen LogP contribution in [0.15, 0.2) is 48.5 Å². The summed E-state index contributed by atoms with van der Waals surface area (Å²) in [6.45, 7) is 3.54. The van der Waals surface area contributed by atoms with Gasteiger partial charge in [0.05, 0.1) is 10.6 Å². The largest absolute Gasteiger partial charge is 0.340 e. The van der Waals surface area contributed by atoms with Crippen LogP contribution in [0, 0.1) is 5.92 Å². The molecule has 27 heavy (non-hydrogen) atoms. The molecule has 2 aromatic rings. The van der Waals surface area contributed by atoms with Crippen LogP contribution in [0.3, 0.4) is 0 Å². The van der Waals surface area contributed by atoms with Crippen LogP contribution in [0.2, 0.25) is 10.0 Å². The summed E-state index contributed by atoms with van der Waals surface area (Å²) in [7, 11) is 0. The standard InChI is InChI=1S/C19H19Cl2N3O3/c1-11(2)16(22-18(26)14-9-8-13(20)10-15(14)21)19(27)24-23-17(25)12-6-4-3-5-7-12/h3-11,16H,1-2H3,(H,22,26)(H,23,25)(H,24,27)/t16-/m0/s1. The maximum absolute atomic E-state index is 12.4. The summed E-state index contributed by atoms with van der Waals surface area (Å²) in [4.78, 5) is 36.9. The molecule has 0 saturated carbocycles. The van der Waals surface area contributed by atoms with Crippen LogP contribution in [0.1, 0.15) is 34.6 Å². The zero-order valence-corrected chi connectivity index (χ0v) is 16.3. The van der Waals surface area contributed by atoms with Gasteiger partial charge in [-0.1, -0.05) is 55.2 Å². The Morgan fingerprint density at radius 2 is 1.56 bits per heavy atom. The first kappa shape index (κ1) is 20.7. The Kier molecular flexibility index (Phi) is 7.21. The van der Waals surface area contributed by atoms with E-state index in [0.29, 0.717) is 10.6 Å². The molecule has 0 fully saturated rings. The lowest BCUT2D eigenvalue weighted by molar-refractivity contribution is -0.124. The molecule has 1 atom stereocenters. The molecule has 0 spiro atoms. The van der Waals surface area contributed by atoms with Gasteiger partial charge in [0.25, 0.3) is 17.7 Å². The van der Waals surface area contributed by atoms with Crippen molar-refractivity contribution < 1.29 is 14.4 Å². The summed E-state index contributed by atoms with van der Waals surface area (Å²) in [6.07, 6.45) is 0. The smallest absolute Gasteiger partial charge is 0.269 e. The quantitative estimate of drug-likeness (QED) is 0.664. The Morgan fingerprint density at radius 3 is 2.15 bits per heavy atom. The van der Waals surface area contributed by atoms with E-state index in [1.807, 2.05) is 0 Å². The molecule has 0 radical (unpaired) electrons. The van der Waals surface area contributed by atoms with Gasteiger partial charge in [0.15, 0.2) is 0 Å². The lowest BCUT2D eigenvalue weighted by Crippen LogP contribution is -2.54. The van der Waals surface area contributed by atoms with Gasteiger partial charge in [-0.3, -0.25) is 25.2 Å². The zero-order valence-electron chi connectivity index (χ0n) is 14.8. The molecule has 2 rings (SSSR count). The second-order valence-corrected chi connectivity index (χ2v) is 6.97. The number of hydrogen-bond donors (Lipinski definition) is 3. The van der Waals surface area contributed by atoms with E-state index < -0.39 is 23.8 Å². The number of hydrogen-bond acceptors (Lipinski definition) is 3. The highest BCUT2D eigenvalue weighted by molar-refractivity contribution is 6.36. The van der Waals surface area contributed by atoms with Crippen molar-refractivity contribution >= 4 is 40.9 Å². The highest BCUT2D eigenvalue weighted by Crippen LogP contribution is 2.21. The van der Waals surface area contributed by atoms with Crippen molar-refractivity contribution in [2.24, 2.45) is 5.92 Å². The van der Waals surface area contributed by atoms with Crippen LogP contribution in [0.25, 0.3) is 0 Å². The monoisotopic (exact) mass is 407 g/mol. The molecular weight excluding hydrogens is 389 g/mol. The molecule has 3 amide bonds. The number of halogens is 2. The molecule has 0 aromatic heterocycles. The van der Waals surface area contributed by atoms with Crippen molar-refractivity contribution in [3.63, 3.8) is 0 Å². The first-order chi connectivity index (χ1) is 12.8. The minimum atomic E-state index is -0.875. The van der Waals surface area contributed by atoms with Gasteiger partial charge in [-0.2, -0.15) is 0 Å². The van der Waals surface area contributed by atoms with Gasteiger partial charge in [0, 0.05) is 10.6 Å². The van der Waals surface area contributed by atoms with E-state index in [4.69, 9.17) is 23.2 Å². The lowest BCUT2D eigenvalue weighted by Gasteiger charge is -2.22. The molecule has 0 bridgehead atoms. The van der Waals surface area contributed by atoms with Crippen molar-refractivity contribution in [3.8, 4) is 0 Å². The van der Waals surface area contributed by atoms with Crippen LogP contribution >= 0.6 is 23.2 Å². The Balaban J connectivity index is 2.02. The SMILES string of the molecule is CC(C)[C@H](NC(=O)c1ccc(Cl)cc1Cl)C(=O)NNC(=O)c1ccccc1. The second kappa shape index (κ2) is 9.39. The van der Waals surface area contributed by atoms with Gasteiger partial charge in [-0.25, -0.2) is 0 Å². The maximum Gasteiger partial charge on any atom is 0.269 e. The van der Waals surface area contributed by atoms with Gasteiger partial charge in [-0.05, 0) is 36.2 Å². The number of nitrogens with one attached hydrogen (secondary N) is 3.